The van der Waals surface area contributed by atoms with Crippen molar-refractivity contribution in [1.82, 2.24) is 0 Å². The number of anilines is 1. The van der Waals surface area contributed by atoms with Crippen LogP contribution in [0.3, 0.4) is 0 Å². The van der Waals surface area contributed by atoms with E-state index in [4.69, 9.17) is 0 Å². The van der Waals surface area contributed by atoms with Crippen LogP contribution in [0.25, 0.3) is 5.76 Å². The summed E-state index contributed by atoms with van der Waals surface area (Å²) >= 11 is 1.45. The Morgan fingerprint density at radius 3 is 2.30 bits per heavy atom. The second-order valence-electron chi connectivity index (χ2n) is 6.39. The van der Waals surface area contributed by atoms with Crippen LogP contribution in [-0.4, -0.2) is 16.8 Å². The minimum Gasteiger partial charge on any atom is -0.507 e. The Labute approximate surface area is 161 Å². The lowest BCUT2D eigenvalue weighted by Crippen LogP contribution is -2.29. The highest BCUT2D eigenvalue weighted by atomic mass is 32.1. The third-order valence-electron chi connectivity index (χ3n) is 4.62. The molecule has 1 atom stereocenters. The van der Waals surface area contributed by atoms with Crippen LogP contribution in [-0.2, 0) is 9.59 Å². The summed E-state index contributed by atoms with van der Waals surface area (Å²) in [7, 11) is 0. The summed E-state index contributed by atoms with van der Waals surface area (Å²) in [6.45, 7) is 1.95. The number of hydrogen-bond donors (Lipinski definition) is 1. The minimum atomic E-state index is -0.671. The van der Waals surface area contributed by atoms with E-state index >= 15 is 0 Å². The van der Waals surface area contributed by atoms with Gasteiger partial charge in [0, 0.05) is 16.1 Å². The fraction of sp³-hybridized carbons (Fsp3) is 0.0909. The molecule has 1 fully saturated rings. The average Bonchev–Trinajstić information content (AvgIpc) is 3.30. The summed E-state index contributed by atoms with van der Waals surface area (Å²) in [4.78, 5) is 28.0. The Morgan fingerprint density at radius 2 is 1.67 bits per heavy atom. The van der Waals surface area contributed by atoms with E-state index in [0.717, 1.165) is 10.4 Å². The van der Waals surface area contributed by atoms with E-state index in [0.29, 0.717) is 11.3 Å². The van der Waals surface area contributed by atoms with Crippen LogP contribution >= 0.6 is 11.3 Å². The molecule has 3 aromatic rings. The van der Waals surface area contributed by atoms with Gasteiger partial charge in [-0.05, 0) is 30.5 Å². The molecule has 1 saturated heterocycles. The zero-order valence-corrected chi connectivity index (χ0v) is 15.4. The summed E-state index contributed by atoms with van der Waals surface area (Å²) in [5.41, 5.74) is 2.32. The van der Waals surface area contributed by atoms with Gasteiger partial charge in [-0.15, -0.1) is 11.3 Å². The number of aliphatic hydroxyl groups excluding tert-OH is 1. The Balaban J connectivity index is 1.92. The van der Waals surface area contributed by atoms with Crippen LogP contribution in [0.1, 0.15) is 22.0 Å². The molecule has 1 aromatic heterocycles. The topological polar surface area (TPSA) is 57.6 Å². The largest absolute Gasteiger partial charge is 0.507 e. The first kappa shape index (κ1) is 17.2. The predicted octanol–water partition coefficient (Wildman–Crippen LogP) is 4.68. The van der Waals surface area contributed by atoms with Gasteiger partial charge >= 0.3 is 0 Å². The fourth-order valence-electron chi connectivity index (χ4n) is 3.27. The molecule has 0 aliphatic carbocycles. The number of thiophene rings is 1. The van der Waals surface area contributed by atoms with Crippen molar-refractivity contribution in [2.45, 2.75) is 13.0 Å². The molecule has 1 amide bonds. The molecule has 2 heterocycles. The van der Waals surface area contributed by atoms with Crippen molar-refractivity contribution in [2.24, 2.45) is 0 Å². The lowest BCUT2D eigenvalue weighted by atomic mass is 9.99. The number of hydrogen-bond acceptors (Lipinski definition) is 4. The first-order chi connectivity index (χ1) is 13.1. The molecule has 27 heavy (non-hydrogen) atoms. The van der Waals surface area contributed by atoms with E-state index in [9.17, 15) is 14.7 Å². The van der Waals surface area contributed by atoms with Gasteiger partial charge in [0.15, 0.2) is 0 Å². The van der Waals surface area contributed by atoms with Crippen LogP contribution in [0, 0.1) is 6.92 Å². The number of aliphatic hydroxyl groups is 1. The van der Waals surface area contributed by atoms with E-state index in [1.165, 1.54) is 16.2 Å². The van der Waals surface area contributed by atoms with Crippen molar-refractivity contribution in [1.29, 1.82) is 0 Å². The fourth-order valence-corrected chi connectivity index (χ4v) is 4.09. The molecule has 1 unspecified atom stereocenters. The quantitative estimate of drug-likeness (QED) is 0.411. The molecular formula is C22H17NO3S. The minimum absolute atomic E-state index is 0.121. The number of carbonyl (C=O) groups excluding carboxylic acids is 2. The molecule has 4 rings (SSSR count). The van der Waals surface area contributed by atoms with E-state index in [1.807, 2.05) is 54.8 Å². The molecule has 0 spiro atoms. The summed E-state index contributed by atoms with van der Waals surface area (Å²) in [5.74, 6) is -1.45. The van der Waals surface area contributed by atoms with Crippen molar-refractivity contribution in [3.05, 3.63) is 93.7 Å². The number of rotatable bonds is 3. The number of nitrogens with zero attached hydrogens (tertiary/aromatic N) is 1. The highest BCUT2D eigenvalue weighted by molar-refractivity contribution is 7.10. The van der Waals surface area contributed by atoms with Gasteiger partial charge in [0.05, 0.1) is 5.57 Å². The first-order valence-corrected chi connectivity index (χ1v) is 9.42. The van der Waals surface area contributed by atoms with Crippen LogP contribution < -0.4 is 4.90 Å². The van der Waals surface area contributed by atoms with E-state index in [1.54, 1.807) is 24.3 Å². The van der Waals surface area contributed by atoms with Crippen LogP contribution in [0.2, 0.25) is 0 Å². The van der Waals surface area contributed by atoms with Gasteiger partial charge in [-0.3, -0.25) is 14.5 Å². The van der Waals surface area contributed by atoms with Crippen molar-refractivity contribution < 1.29 is 14.7 Å². The number of aryl methyl sites for hydroxylation is 1. The third-order valence-corrected chi connectivity index (χ3v) is 5.54. The van der Waals surface area contributed by atoms with Crippen molar-refractivity contribution >= 4 is 34.5 Å². The summed E-state index contributed by atoms with van der Waals surface area (Å²) in [6, 6.07) is 19.4. The van der Waals surface area contributed by atoms with Gasteiger partial charge in [-0.1, -0.05) is 54.1 Å². The average molecular weight is 375 g/mol. The zero-order chi connectivity index (χ0) is 19.0. The lowest BCUT2D eigenvalue weighted by molar-refractivity contribution is -0.132. The first-order valence-electron chi connectivity index (χ1n) is 8.54. The standard InChI is InChI=1S/C22H17NO3S/c1-14-9-11-15(12-10-14)20(24)18-19(17-8-5-13-27-17)23(22(26)21(18)25)16-6-3-2-4-7-16/h2-13,19,24H,1H3/b20-18-. The maximum atomic E-state index is 12.9. The molecule has 134 valence electrons. The molecule has 1 N–H and O–H groups in total. The number of amides is 1. The van der Waals surface area contributed by atoms with E-state index in [2.05, 4.69) is 0 Å². The normalized spacial score (nSPS) is 18.9. The smallest absolute Gasteiger partial charge is 0.300 e. The lowest BCUT2D eigenvalue weighted by Gasteiger charge is -2.24. The monoisotopic (exact) mass is 375 g/mol. The van der Waals surface area contributed by atoms with Gasteiger partial charge in [0.1, 0.15) is 11.8 Å². The van der Waals surface area contributed by atoms with Crippen molar-refractivity contribution in [3.8, 4) is 0 Å². The number of carbonyl (C=O) groups is 2. The van der Waals surface area contributed by atoms with Crippen molar-refractivity contribution in [3.63, 3.8) is 0 Å². The Hall–Kier alpha value is -3.18. The summed E-state index contributed by atoms with van der Waals surface area (Å²) in [6.07, 6.45) is 0. The van der Waals surface area contributed by atoms with Gasteiger partial charge < -0.3 is 5.11 Å². The highest BCUT2D eigenvalue weighted by Crippen LogP contribution is 2.43. The van der Waals surface area contributed by atoms with Gasteiger partial charge in [-0.25, -0.2) is 0 Å². The molecule has 1 aliphatic rings. The zero-order valence-electron chi connectivity index (χ0n) is 14.6. The number of para-hydroxylation sites is 1. The second kappa shape index (κ2) is 6.85. The third kappa shape index (κ3) is 2.96. The van der Waals surface area contributed by atoms with Crippen molar-refractivity contribution in [2.75, 3.05) is 4.90 Å². The molecule has 5 heteroatoms. The van der Waals surface area contributed by atoms with Gasteiger partial charge in [-0.2, -0.15) is 0 Å². The van der Waals surface area contributed by atoms with Crippen LogP contribution in [0.15, 0.2) is 77.7 Å². The molecular weight excluding hydrogens is 358 g/mol. The highest BCUT2D eigenvalue weighted by Gasteiger charge is 2.47. The molecule has 1 aliphatic heterocycles. The number of Topliss-reactive ketones (excluding diaryl/α,β-unsaturated/α-hetero) is 1. The number of benzene rings is 2. The molecule has 0 saturated carbocycles. The van der Waals surface area contributed by atoms with Gasteiger partial charge in [0.2, 0.25) is 0 Å². The van der Waals surface area contributed by atoms with E-state index < -0.39 is 17.7 Å². The molecule has 0 radical (unpaired) electrons. The Bertz CT molecular complexity index is 1020. The Morgan fingerprint density at radius 1 is 0.963 bits per heavy atom. The summed E-state index contributed by atoms with van der Waals surface area (Å²) < 4.78 is 0. The van der Waals surface area contributed by atoms with Gasteiger partial charge in [0.25, 0.3) is 11.7 Å². The predicted molar refractivity (Wildman–Crippen MR) is 107 cm³/mol. The van der Waals surface area contributed by atoms with Crippen LogP contribution in [0.5, 0.6) is 0 Å². The van der Waals surface area contributed by atoms with E-state index in [-0.39, 0.29) is 11.3 Å². The Kier molecular flexibility index (Phi) is 4.38. The maximum Gasteiger partial charge on any atom is 0.300 e. The summed E-state index contributed by atoms with van der Waals surface area (Å²) in [5, 5.41) is 12.8. The molecule has 4 nitrogen and oxygen atoms in total. The molecule has 2 aromatic carbocycles. The SMILES string of the molecule is Cc1ccc(/C(O)=C2/C(=O)C(=O)N(c3ccccc3)C2c2cccs2)cc1. The maximum absolute atomic E-state index is 12.9. The second-order valence-corrected chi connectivity index (χ2v) is 7.37. The number of ketones is 1. The van der Waals surface area contributed by atoms with Crippen LogP contribution in [0.4, 0.5) is 5.69 Å². The molecule has 0 bridgehead atoms.